The number of aromatic nitrogens is 2. The van der Waals surface area contributed by atoms with Gasteiger partial charge in [0.15, 0.2) is 5.69 Å². The van der Waals surface area contributed by atoms with Gasteiger partial charge in [0.05, 0.1) is 11.4 Å². The summed E-state index contributed by atoms with van der Waals surface area (Å²) in [5.74, 6) is -0.957. The van der Waals surface area contributed by atoms with E-state index in [0.29, 0.717) is 6.54 Å². The van der Waals surface area contributed by atoms with E-state index in [4.69, 9.17) is 0 Å². The zero-order valence-corrected chi connectivity index (χ0v) is 14.1. The maximum absolute atomic E-state index is 11.5. The lowest BCUT2D eigenvalue weighted by Gasteiger charge is -2.23. The van der Waals surface area contributed by atoms with E-state index in [1.165, 1.54) is 5.56 Å². The number of nitrogens with zero attached hydrogens (tertiary/aromatic N) is 3. The Hall–Kier alpha value is -2.14. The summed E-state index contributed by atoms with van der Waals surface area (Å²) in [7, 11) is 2.00. The number of rotatable bonds is 2. The summed E-state index contributed by atoms with van der Waals surface area (Å²) < 4.78 is 1.80. The van der Waals surface area contributed by atoms with Crippen LogP contribution in [0.2, 0.25) is 0 Å². The number of hydrogen-bond acceptors (Lipinski definition) is 3. The van der Waals surface area contributed by atoms with Crippen molar-refractivity contribution in [2.45, 2.75) is 39.2 Å². The second kappa shape index (κ2) is 5.49. The van der Waals surface area contributed by atoms with Gasteiger partial charge in [-0.25, -0.2) is 9.48 Å². The molecule has 0 bridgehead atoms. The van der Waals surface area contributed by atoms with Crippen molar-refractivity contribution >= 4 is 5.97 Å². The third-order valence-electron chi connectivity index (χ3n) is 4.43. The molecule has 0 spiro atoms. The third kappa shape index (κ3) is 2.88. The van der Waals surface area contributed by atoms with Crippen LogP contribution in [0.25, 0.3) is 5.69 Å². The zero-order chi connectivity index (χ0) is 16.8. The van der Waals surface area contributed by atoms with Gasteiger partial charge >= 0.3 is 5.97 Å². The monoisotopic (exact) mass is 313 g/mol. The highest BCUT2D eigenvalue weighted by Crippen LogP contribution is 2.27. The number of carboxylic acid groups (broad SMARTS) is 1. The number of carbonyl (C=O) groups is 1. The lowest BCUT2D eigenvalue weighted by molar-refractivity contribution is 0.0687. The first kappa shape index (κ1) is 15.7. The van der Waals surface area contributed by atoms with Gasteiger partial charge < -0.3 is 10.0 Å². The van der Waals surface area contributed by atoms with E-state index in [1.54, 1.807) is 4.68 Å². The minimum atomic E-state index is -0.957. The number of likely N-dealkylation sites (N-methyl/N-ethyl adjacent to an activating group) is 1. The van der Waals surface area contributed by atoms with Crippen LogP contribution in [0, 0.1) is 0 Å². The third-order valence-corrected chi connectivity index (χ3v) is 4.43. The molecule has 3 rings (SSSR count). The number of aromatic carboxylic acids is 1. The first-order valence-electron chi connectivity index (χ1n) is 7.91. The molecule has 1 aromatic carbocycles. The SMILES string of the molecule is CN1CCc2c(c(C(=O)O)nn2-c2ccc(C(C)(C)C)cc2)C1. The molecule has 2 heterocycles. The maximum atomic E-state index is 11.5. The molecule has 122 valence electrons. The predicted molar refractivity (Wildman–Crippen MR) is 89.3 cm³/mol. The summed E-state index contributed by atoms with van der Waals surface area (Å²) in [4.78, 5) is 13.6. The Morgan fingerprint density at radius 1 is 1.22 bits per heavy atom. The standard InChI is InChI=1S/C18H23N3O2/c1-18(2,3)12-5-7-13(8-6-12)21-15-9-10-20(4)11-14(15)16(19-21)17(22)23/h5-8H,9-11H2,1-4H3,(H,22,23). The normalized spacial score (nSPS) is 15.5. The van der Waals surface area contributed by atoms with Crippen LogP contribution in [-0.4, -0.2) is 39.3 Å². The summed E-state index contributed by atoms with van der Waals surface area (Å²) in [5, 5.41) is 13.8. The van der Waals surface area contributed by atoms with Crippen LogP contribution in [0.4, 0.5) is 0 Å². The fourth-order valence-corrected chi connectivity index (χ4v) is 3.04. The van der Waals surface area contributed by atoms with Crippen LogP contribution in [0.1, 0.15) is 48.1 Å². The van der Waals surface area contributed by atoms with Gasteiger partial charge in [0.25, 0.3) is 0 Å². The van der Waals surface area contributed by atoms with Crippen molar-refractivity contribution in [1.82, 2.24) is 14.7 Å². The summed E-state index contributed by atoms with van der Waals surface area (Å²) >= 11 is 0. The second-order valence-electron chi connectivity index (χ2n) is 7.28. The first-order chi connectivity index (χ1) is 10.8. The van der Waals surface area contributed by atoms with E-state index >= 15 is 0 Å². The molecule has 23 heavy (non-hydrogen) atoms. The molecular formula is C18H23N3O2. The van der Waals surface area contributed by atoms with E-state index in [9.17, 15) is 9.90 Å². The van der Waals surface area contributed by atoms with Crippen molar-refractivity contribution in [2.75, 3.05) is 13.6 Å². The van der Waals surface area contributed by atoms with Crippen molar-refractivity contribution in [2.24, 2.45) is 0 Å². The largest absolute Gasteiger partial charge is 0.476 e. The van der Waals surface area contributed by atoms with Crippen molar-refractivity contribution in [3.63, 3.8) is 0 Å². The Kier molecular flexibility index (Phi) is 3.76. The minimum absolute atomic E-state index is 0.0943. The molecule has 1 aliphatic heterocycles. The van der Waals surface area contributed by atoms with E-state index in [-0.39, 0.29) is 11.1 Å². The average molecular weight is 313 g/mol. The predicted octanol–water partition coefficient (Wildman–Crippen LogP) is 2.86. The fourth-order valence-electron chi connectivity index (χ4n) is 3.04. The number of fused-ring (bicyclic) bond motifs is 1. The molecule has 0 atom stereocenters. The summed E-state index contributed by atoms with van der Waals surface area (Å²) in [6.45, 7) is 8.08. The highest BCUT2D eigenvalue weighted by molar-refractivity contribution is 5.87. The Bertz CT molecular complexity index is 739. The average Bonchev–Trinajstić information content (AvgIpc) is 2.85. The Labute approximate surface area is 136 Å². The van der Waals surface area contributed by atoms with Crippen LogP contribution < -0.4 is 0 Å². The van der Waals surface area contributed by atoms with Crippen molar-refractivity contribution in [3.05, 3.63) is 46.8 Å². The molecule has 0 saturated heterocycles. The summed E-state index contributed by atoms with van der Waals surface area (Å²) in [6.07, 6.45) is 0.813. The van der Waals surface area contributed by atoms with E-state index in [0.717, 1.165) is 29.9 Å². The molecule has 0 aliphatic carbocycles. The quantitative estimate of drug-likeness (QED) is 0.926. The van der Waals surface area contributed by atoms with Gasteiger partial charge in [0.1, 0.15) is 0 Å². The van der Waals surface area contributed by atoms with Gasteiger partial charge in [0.2, 0.25) is 0 Å². The van der Waals surface area contributed by atoms with Gasteiger partial charge in [-0.3, -0.25) is 0 Å². The maximum Gasteiger partial charge on any atom is 0.356 e. The van der Waals surface area contributed by atoms with Crippen molar-refractivity contribution in [1.29, 1.82) is 0 Å². The highest BCUT2D eigenvalue weighted by Gasteiger charge is 2.27. The van der Waals surface area contributed by atoms with Crippen molar-refractivity contribution in [3.8, 4) is 5.69 Å². The van der Waals surface area contributed by atoms with Crippen LogP contribution in [0.15, 0.2) is 24.3 Å². The number of hydrogen-bond donors (Lipinski definition) is 1. The van der Waals surface area contributed by atoms with Crippen LogP contribution in [0.5, 0.6) is 0 Å². The Balaban J connectivity index is 2.07. The molecule has 1 aliphatic rings. The minimum Gasteiger partial charge on any atom is -0.476 e. The topological polar surface area (TPSA) is 58.4 Å². The van der Waals surface area contributed by atoms with Gasteiger partial charge in [0, 0.05) is 25.1 Å². The molecule has 2 aromatic rings. The van der Waals surface area contributed by atoms with Crippen LogP contribution in [-0.2, 0) is 18.4 Å². The molecule has 5 nitrogen and oxygen atoms in total. The second-order valence-corrected chi connectivity index (χ2v) is 7.28. The molecule has 1 N–H and O–H groups in total. The molecule has 0 fully saturated rings. The Morgan fingerprint density at radius 3 is 2.43 bits per heavy atom. The van der Waals surface area contributed by atoms with Crippen molar-refractivity contribution < 1.29 is 9.90 Å². The zero-order valence-electron chi connectivity index (χ0n) is 14.1. The molecular weight excluding hydrogens is 290 g/mol. The first-order valence-corrected chi connectivity index (χ1v) is 7.91. The molecule has 0 radical (unpaired) electrons. The molecule has 0 amide bonds. The number of carboxylic acids is 1. The fraction of sp³-hybridized carbons (Fsp3) is 0.444. The van der Waals surface area contributed by atoms with Gasteiger partial charge in [-0.15, -0.1) is 0 Å². The van der Waals surface area contributed by atoms with E-state index in [2.05, 4.69) is 42.9 Å². The molecule has 0 saturated carbocycles. The highest BCUT2D eigenvalue weighted by atomic mass is 16.4. The van der Waals surface area contributed by atoms with Gasteiger partial charge in [-0.1, -0.05) is 32.9 Å². The summed E-state index contributed by atoms with van der Waals surface area (Å²) in [5.41, 5.74) is 4.30. The lowest BCUT2D eigenvalue weighted by atomic mass is 9.87. The smallest absolute Gasteiger partial charge is 0.356 e. The van der Waals surface area contributed by atoms with Crippen LogP contribution in [0.3, 0.4) is 0 Å². The molecule has 0 unspecified atom stereocenters. The number of benzene rings is 1. The van der Waals surface area contributed by atoms with Gasteiger partial charge in [-0.05, 0) is 30.2 Å². The summed E-state index contributed by atoms with van der Waals surface area (Å²) in [6, 6.07) is 8.24. The Morgan fingerprint density at radius 2 is 1.87 bits per heavy atom. The van der Waals surface area contributed by atoms with E-state index < -0.39 is 5.97 Å². The van der Waals surface area contributed by atoms with Crippen LogP contribution >= 0.6 is 0 Å². The van der Waals surface area contributed by atoms with E-state index in [1.807, 2.05) is 19.2 Å². The lowest BCUT2D eigenvalue weighted by Crippen LogP contribution is -2.28. The molecule has 5 heteroatoms. The van der Waals surface area contributed by atoms with Gasteiger partial charge in [-0.2, -0.15) is 5.10 Å². The molecule has 1 aromatic heterocycles.